The summed E-state index contributed by atoms with van der Waals surface area (Å²) in [4.78, 5) is 20.7. The molecular weight excluding hydrogens is 190 g/mol. The fourth-order valence-corrected chi connectivity index (χ4v) is 1.12. The van der Waals surface area contributed by atoms with Crippen LogP contribution < -0.4 is 5.73 Å². The quantitative estimate of drug-likeness (QED) is 0.324. The second-order valence-electron chi connectivity index (χ2n) is 4.04. The van der Waals surface area contributed by atoms with Gasteiger partial charge in [-0.05, 0) is 13.8 Å². The maximum absolute atomic E-state index is 10.6. The molecule has 0 unspecified atom stereocenters. The zero-order valence-corrected chi connectivity index (χ0v) is 8.40. The van der Waals surface area contributed by atoms with Gasteiger partial charge in [-0.3, -0.25) is 0 Å². The van der Waals surface area contributed by atoms with Crippen molar-refractivity contribution >= 4 is 11.9 Å². The summed E-state index contributed by atoms with van der Waals surface area (Å²) < 4.78 is 4.31. The molecule has 14 heavy (non-hydrogen) atoms. The second-order valence-corrected chi connectivity index (χ2v) is 4.04. The van der Waals surface area contributed by atoms with Gasteiger partial charge in [0, 0.05) is 18.9 Å². The number of carbonyl (C=O) groups is 2. The zero-order valence-electron chi connectivity index (χ0n) is 8.40. The minimum Gasteiger partial charge on any atom is -0.473 e. The Labute approximate surface area is 81.7 Å². The van der Waals surface area contributed by atoms with E-state index in [1.54, 1.807) is 13.8 Å². The molecule has 0 amide bonds. The highest BCUT2D eigenvalue weighted by atomic mass is 16.7. The average Bonchev–Trinajstić information content (AvgIpc) is 1.78. The van der Waals surface area contributed by atoms with Crippen molar-refractivity contribution in [3.63, 3.8) is 0 Å². The number of aliphatic carboxylic acids is 1. The number of carboxylic acid groups (broad SMARTS) is 1. The molecule has 82 valence electrons. The molecule has 0 spiro atoms. The fraction of sp³-hybridized carbons (Fsp3) is 0.750. The van der Waals surface area contributed by atoms with Crippen molar-refractivity contribution < 1.29 is 24.5 Å². The topological polar surface area (TPSA) is 110 Å². The molecule has 0 saturated heterocycles. The molecule has 0 aromatic heterocycles. The van der Waals surface area contributed by atoms with E-state index in [-0.39, 0.29) is 6.42 Å². The first-order valence-electron chi connectivity index (χ1n) is 4.01. The highest BCUT2D eigenvalue weighted by Gasteiger charge is 2.33. The van der Waals surface area contributed by atoms with Crippen molar-refractivity contribution in [3.8, 4) is 0 Å². The van der Waals surface area contributed by atoms with E-state index < -0.39 is 23.3 Å². The van der Waals surface area contributed by atoms with Crippen LogP contribution in [0, 0.1) is 0 Å². The number of hydrogen-bond acceptors (Lipinski definition) is 5. The smallest absolute Gasteiger partial charge is 0.419 e. The van der Waals surface area contributed by atoms with Gasteiger partial charge in [0.25, 0.3) is 0 Å². The van der Waals surface area contributed by atoms with E-state index in [1.807, 2.05) is 0 Å². The van der Waals surface area contributed by atoms with E-state index >= 15 is 0 Å². The molecule has 0 bridgehead atoms. The van der Waals surface area contributed by atoms with Crippen LogP contribution in [0.2, 0.25) is 0 Å². The summed E-state index contributed by atoms with van der Waals surface area (Å²) in [5.41, 5.74) is 4.81. The van der Waals surface area contributed by atoms with E-state index in [0.717, 1.165) is 0 Å². The van der Waals surface area contributed by atoms with Gasteiger partial charge in [-0.2, -0.15) is 0 Å². The van der Waals surface area contributed by atoms with E-state index in [4.69, 9.17) is 10.8 Å². The minimum atomic E-state index is -1.87. The maximum Gasteiger partial charge on any atom is 0.419 e. The molecule has 0 heterocycles. The lowest BCUT2D eigenvalue weighted by atomic mass is 9.97. The van der Waals surface area contributed by atoms with Crippen LogP contribution in [0.1, 0.15) is 27.2 Å². The second kappa shape index (κ2) is 3.93. The Bertz CT molecular complexity index is 241. The molecule has 0 fully saturated rings. The number of esters is 1. The first-order chi connectivity index (χ1) is 6.03. The summed E-state index contributed by atoms with van der Waals surface area (Å²) in [6.07, 6.45) is -0.0565. The van der Waals surface area contributed by atoms with Gasteiger partial charge in [-0.15, -0.1) is 0 Å². The molecule has 0 aliphatic heterocycles. The van der Waals surface area contributed by atoms with Gasteiger partial charge < -0.3 is 20.7 Å². The van der Waals surface area contributed by atoms with Crippen LogP contribution in [0.4, 0.5) is 0 Å². The lowest BCUT2D eigenvalue weighted by molar-refractivity contribution is -0.212. The highest BCUT2D eigenvalue weighted by molar-refractivity contribution is 6.28. The number of rotatable bonds is 3. The molecule has 0 aromatic carbocycles. The van der Waals surface area contributed by atoms with Crippen LogP contribution >= 0.6 is 0 Å². The lowest BCUT2D eigenvalue weighted by Gasteiger charge is -2.29. The first kappa shape index (κ1) is 12.9. The Morgan fingerprint density at radius 1 is 1.36 bits per heavy atom. The van der Waals surface area contributed by atoms with E-state index in [1.165, 1.54) is 6.92 Å². The Morgan fingerprint density at radius 2 is 1.79 bits per heavy atom. The number of nitrogens with two attached hydrogens (primary N) is 1. The van der Waals surface area contributed by atoms with Crippen LogP contribution in [-0.2, 0) is 14.3 Å². The molecule has 1 atom stereocenters. The van der Waals surface area contributed by atoms with Gasteiger partial charge >= 0.3 is 11.9 Å². The Balaban J connectivity index is 4.35. The van der Waals surface area contributed by atoms with Crippen molar-refractivity contribution in [1.29, 1.82) is 0 Å². The number of carboxylic acids is 1. The van der Waals surface area contributed by atoms with E-state index in [9.17, 15) is 14.7 Å². The Hall–Kier alpha value is -1.14. The molecule has 0 aliphatic carbocycles. The fourth-order valence-electron chi connectivity index (χ4n) is 1.12. The van der Waals surface area contributed by atoms with Crippen LogP contribution in [0.15, 0.2) is 0 Å². The number of aliphatic hydroxyl groups is 1. The van der Waals surface area contributed by atoms with Gasteiger partial charge in [0.2, 0.25) is 5.79 Å². The molecule has 6 nitrogen and oxygen atoms in total. The summed E-state index contributed by atoms with van der Waals surface area (Å²) >= 11 is 0. The standard InChI is InChI=1S/C8H15NO5/c1-7(2,9)4-8(3,13)14-6(12)5(10)11/h13H,4,9H2,1-3H3,(H,10,11)/t8-/m1/s1. The van der Waals surface area contributed by atoms with Gasteiger partial charge in [0.1, 0.15) is 0 Å². The van der Waals surface area contributed by atoms with Crippen molar-refractivity contribution in [2.24, 2.45) is 5.73 Å². The molecule has 4 N–H and O–H groups in total. The van der Waals surface area contributed by atoms with Crippen molar-refractivity contribution in [2.75, 3.05) is 0 Å². The monoisotopic (exact) mass is 205 g/mol. The van der Waals surface area contributed by atoms with Crippen molar-refractivity contribution in [1.82, 2.24) is 0 Å². The third-order valence-electron chi connectivity index (χ3n) is 1.27. The van der Waals surface area contributed by atoms with E-state index in [2.05, 4.69) is 4.74 Å². The summed E-state index contributed by atoms with van der Waals surface area (Å²) in [6.45, 7) is 4.43. The van der Waals surface area contributed by atoms with Crippen LogP contribution in [-0.4, -0.2) is 33.5 Å². The molecule has 6 heteroatoms. The normalized spacial score (nSPS) is 15.8. The predicted octanol–water partition coefficient (Wildman–Crippen LogP) is -0.550. The molecule has 0 radical (unpaired) electrons. The minimum absolute atomic E-state index is 0.0565. The van der Waals surface area contributed by atoms with Gasteiger partial charge in [0.15, 0.2) is 0 Å². The maximum atomic E-state index is 10.6. The SMILES string of the molecule is CC(C)(N)C[C@](C)(O)OC(=O)C(=O)O. The summed E-state index contributed by atoms with van der Waals surface area (Å²) in [5, 5.41) is 17.7. The summed E-state index contributed by atoms with van der Waals surface area (Å²) in [7, 11) is 0. The van der Waals surface area contributed by atoms with Gasteiger partial charge in [0.05, 0.1) is 0 Å². The number of hydrogen-bond donors (Lipinski definition) is 3. The third kappa shape index (κ3) is 5.50. The molecular formula is C8H15NO5. The molecule has 0 aliphatic rings. The largest absolute Gasteiger partial charge is 0.473 e. The molecule has 0 saturated carbocycles. The number of carbonyl (C=O) groups excluding carboxylic acids is 1. The van der Waals surface area contributed by atoms with Crippen LogP contribution in [0.5, 0.6) is 0 Å². The molecule has 0 rings (SSSR count). The first-order valence-corrected chi connectivity index (χ1v) is 4.01. The van der Waals surface area contributed by atoms with Crippen molar-refractivity contribution in [3.05, 3.63) is 0 Å². The van der Waals surface area contributed by atoms with E-state index in [0.29, 0.717) is 0 Å². The predicted molar refractivity (Wildman–Crippen MR) is 47.2 cm³/mol. The van der Waals surface area contributed by atoms with Gasteiger partial charge in [-0.25, -0.2) is 9.59 Å². The Morgan fingerprint density at radius 3 is 2.07 bits per heavy atom. The van der Waals surface area contributed by atoms with Crippen LogP contribution in [0.3, 0.4) is 0 Å². The Kier molecular flexibility index (Phi) is 3.61. The average molecular weight is 205 g/mol. The zero-order chi connectivity index (χ0) is 11.6. The third-order valence-corrected chi connectivity index (χ3v) is 1.27. The summed E-state index contributed by atoms with van der Waals surface area (Å²) in [5.74, 6) is -5.12. The van der Waals surface area contributed by atoms with Gasteiger partial charge in [-0.1, -0.05) is 0 Å². The van der Waals surface area contributed by atoms with Crippen molar-refractivity contribution in [2.45, 2.75) is 38.5 Å². The lowest BCUT2D eigenvalue weighted by Crippen LogP contribution is -2.45. The number of ether oxygens (including phenoxy) is 1. The highest BCUT2D eigenvalue weighted by Crippen LogP contribution is 2.19. The molecule has 0 aromatic rings. The summed E-state index contributed by atoms with van der Waals surface area (Å²) in [6, 6.07) is 0. The van der Waals surface area contributed by atoms with Crippen LogP contribution in [0.25, 0.3) is 0 Å².